The summed E-state index contributed by atoms with van der Waals surface area (Å²) in [5.41, 5.74) is 0.887. The summed E-state index contributed by atoms with van der Waals surface area (Å²) in [5, 5.41) is 26.3. The van der Waals surface area contributed by atoms with Crippen molar-refractivity contribution in [2.24, 2.45) is 0 Å². The molecule has 0 amide bonds. The van der Waals surface area contributed by atoms with E-state index >= 15 is 0 Å². The Hall–Kier alpha value is -0.900. The summed E-state index contributed by atoms with van der Waals surface area (Å²) < 4.78 is 0. The number of hydrogen-bond acceptors (Lipinski definition) is 3. The number of aliphatic hydroxyl groups excluding tert-OH is 2. The lowest BCUT2D eigenvalue weighted by Gasteiger charge is -2.11. The minimum absolute atomic E-state index is 0.262. The summed E-state index contributed by atoms with van der Waals surface area (Å²) in [5.74, 6) is 0. The largest absolute Gasteiger partial charge is 0.387 e. The van der Waals surface area contributed by atoms with Gasteiger partial charge in [0.25, 0.3) is 0 Å². The molecular weight excluding hydrogens is 156 g/mol. The first-order chi connectivity index (χ1) is 5.70. The van der Waals surface area contributed by atoms with Crippen molar-refractivity contribution in [1.82, 2.24) is 0 Å². The highest BCUT2D eigenvalue weighted by molar-refractivity contribution is 5.15. The van der Waals surface area contributed by atoms with Gasteiger partial charge in [-0.05, 0) is 5.56 Å². The Balaban J connectivity index is 2.53. The average Bonchev–Trinajstić information content (AvgIpc) is 2.06. The van der Waals surface area contributed by atoms with Crippen LogP contribution in [0.25, 0.3) is 0 Å². The molecule has 0 fully saturated rings. The van der Waals surface area contributed by atoms with Crippen molar-refractivity contribution in [3.63, 3.8) is 0 Å². The third kappa shape index (κ3) is 2.62. The first-order valence-electron chi connectivity index (χ1n) is 3.78. The molecule has 1 rings (SSSR count). The third-order valence-corrected chi connectivity index (χ3v) is 1.63. The highest BCUT2D eigenvalue weighted by Crippen LogP contribution is 2.04. The Morgan fingerprint density at radius 2 is 1.58 bits per heavy atom. The highest BCUT2D eigenvalue weighted by atomic mass is 16.5. The molecule has 0 aliphatic carbocycles. The van der Waals surface area contributed by atoms with Crippen LogP contribution in [-0.4, -0.2) is 27.7 Å². The van der Waals surface area contributed by atoms with Crippen LogP contribution < -0.4 is 0 Å². The van der Waals surface area contributed by atoms with Crippen LogP contribution in [0.1, 0.15) is 5.56 Å². The molecule has 12 heavy (non-hydrogen) atoms. The minimum Gasteiger partial charge on any atom is -0.387 e. The van der Waals surface area contributed by atoms with Crippen molar-refractivity contribution in [2.75, 3.05) is 0 Å². The Labute approximate surface area is 70.9 Å². The van der Waals surface area contributed by atoms with Crippen LogP contribution in [0.4, 0.5) is 0 Å². The van der Waals surface area contributed by atoms with Crippen molar-refractivity contribution in [3.05, 3.63) is 35.9 Å². The topological polar surface area (TPSA) is 60.7 Å². The van der Waals surface area contributed by atoms with Gasteiger partial charge in [-0.3, -0.25) is 0 Å². The van der Waals surface area contributed by atoms with Gasteiger partial charge in [0, 0.05) is 6.42 Å². The Kier molecular flexibility index (Phi) is 3.22. The predicted molar refractivity (Wildman–Crippen MR) is 44.4 cm³/mol. The van der Waals surface area contributed by atoms with E-state index in [1.54, 1.807) is 0 Å². The van der Waals surface area contributed by atoms with Crippen LogP contribution in [0.2, 0.25) is 0 Å². The van der Waals surface area contributed by atoms with E-state index in [1.165, 1.54) is 0 Å². The molecule has 0 aromatic heterocycles. The van der Waals surface area contributed by atoms with Crippen molar-refractivity contribution < 1.29 is 15.3 Å². The minimum atomic E-state index is -1.66. The van der Waals surface area contributed by atoms with Crippen molar-refractivity contribution >= 4 is 0 Å². The van der Waals surface area contributed by atoms with E-state index in [2.05, 4.69) is 0 Å². The molecule has 66 valence electrons. The Bertz CT molecular complexity index is 220. The van der Waals surface area contributed by atoms with Crippen LogP contribution in [0.15, 0.2) is 30.3 Å². The fraction of sp³-hybridized carbons (Fsp3) is 0.333. The maximum atomic E-state index is 9.08. The molecule has 0 radical (unpaired) electrons. The van der Waals surface area contributed by atoms with Crippen molar-refractivity contribution in [2.45, 2.75) is 18.8 Å². The van der Waals surface area contributed by atoms with Crippen molar-refractivity contribution in [1.29, 1.82) is 0 Å². The van der Waals surface area contributed by atoms with Gasteiger partial charge in [0.1, 0.15) is 6.10 Å². The molecular formula is C9H12O3. The van der Waals surface area contributed by atoms with E-state index in [-0.39, 0.29) is 6.42 Å². The molecule has 1 atom stereocenters. The Morgan fingerprint density at radius 1 is 1.00 bits per heavy atom. The molecule has 0 spiro atoms. The maximum Gasteiger partial charge on any atom is 0.178 e. The zero-order valence-corrected chi connectivity index (χ0v) is 6.59. The molecule has 1 aromatic carbocycles. The quantitative estimate of drug-likeness (QED) is 0.552. The second-order valence-electron chi connectivity index (χ2n) is 2.67. The normalized spacial score (nSPS) is 13.3. The zero-order valence-electron chi connectivity index (χ0n) is 6.59. The fourth-order valence-corrected chi connectivity index (χ4v) is 0.961. The second kappa shape index (κ2) is 4.21. The summed E-state index contributed by atoms with van der Waals surface area (Å²) in [6, 6.07) is 9.19. The van der Waals surface area contributed by atoms with E-state index in [0.717, 1.165) is 5.56 Å². The van der Waals surface area contributed by atoms with Crippen molar-refractivity contribution in [3.8, 4) is 0 Å². The SMILES string of the molecule is OC(O)C(O)Cc1ccccc1. The van der Waals surface area contributed by atoms with Gasteiger partial charge >= 0.3 is 0 Å². The first kappa shape index (κ1) is 9.19. The van der Waals surface area contributed by atoms with Gasteiger partial charge in [0.15, 0.2) is 6.29 Å². The molecule has 0 saturated carbocycles. The van der Waals surface area contributed by atoms with Crippen LogP contribution in [0, 0.1) is 0 Å². The maximum absolute atomic E-state index is 9.08. The summed E-state index contributed by atoms with van der Waals surface area (Å²) in [6.07, 6.45) is -2.50. The lowest BCUT2D eigenvalue weighted by molar-refractivity contribution is -0.120. The second-order valence-corrected chi connectivity index (χ2v) is 2.67. The lowest BCUT2D eigenvalue weighted by Crippen LogP contribution is -2.27. The number of rotatable bonds is 3. The molecule has 3 N–H and O–H groups in total. The van der Waals surface area contributed by atoms with E-state index in [9.17, 15) is 0 Å². The molecule has 3 nitrogen and oxygen atoms in total. The number of aliphatic hydroxyl groups is 3. The summed E-state index contributed by atoms with van der Waals surface area (Å²) in [7, 11) is 0. The third-order valence-electron chi connectivity index (χ3n) is 1.63. The number of hydrogen-bond donors (Lipinski definition) is 3. The van der Waals surface area contributed by atoms with E-state index in [4.69, 9.17) is 15.3 Å². The van der Waals surface area contributed by atoms with Gasteiger partial charge in [-0.2, -0.15) is 0 Å². The molecule has 0 heterocycles. The molecule has 0 aliphatic heterocycles. The van der Waals surface area contributed by atoms with E-state index in [0.29, 0.717) is 0 Å². The Morgan fingerprint density at radius 3 is 2.08 bits per heavy atom. The molecule has 1 aromatic rings. The van der Waals surface area contributed by atoms with E-state index < -0.39 is 12.4 Å². The highest BCUT2D eigenvalue weighted by Gasteiger charge is 2.12. The smallest absolute Gasteiger partial charge is 0.178 e. The van der Waals surface area contributed by atoms with Crippen LogP contribution >= 0.6 is 0 Å². The first-order valence-corrected chi connectivity index (χ1v) is 3.78. The zero-order chi connectivity index (χ0) is 8.97. The number of benzene rings is 1. The van der Waals surface area contributed by atoms with Crippen LogP contribution in [-0.2, 0) is 6.42 Å². The predicted octanol–water partition coefficient (Wildman–Crippen LogP) is -0.0993. The molecule has 0 aliphatic rings. The fourth-order valence-electron chi connectivity index (χ4n) is 0.961. The average molecular weight is 168 g/mol. The molecule has 0 saturated heterocycles. The summed E-state index contributed by atoms with van der Waals surface area (Å²) in [4.78, 5) is 0. The van der Waals surface area contributed by atoms with Gasteiger partial charge in [0.2, 0.25) is 0 Å². The standard InChI is InChI=1S/C9H12O3/c10-8(9(11)12)6-7-4-2-1-3-5-7/h1-5,8-12H,6H2. The van der Waals surface area contributed by atoms with Gasteiger partial charge in [0.05, 0.1) is 0 Å². The molecule has 0 bridgehead atoms. The molecule has 1 unspecified atom stereocenters. The van der Waals surface area contributed by atoms with Gasteiger partial charge in [-0.15, -0.1) is 0 Å². The summed E-state index contributed by atoms with van der Waals surface area (Å²) in [6.45, 7) is 0. The summed E-state index contributed by atoms with van der Waals surface area (Å²) >= 11 is 0. The van der Waals surface area contributed by atoms with Gasteiger partial charge in [-0.1, -0.05) is 30.3 Å². The van der Waals surface area contributed by atoms with Gasteiger partial charge < -0.3 is 15.3 Å². The lowest BCUT2D eigenvalue weighted by atomic mass is 10.1. The van der Waals surface area contributed by atoms with E-state index in [1.807, 2.05) is 30.3 Å². The van der Waals surface area contributed by atoms with Crippen LogP contribution in [0.3, 0.4) is 0 Å². The monoisotopic (exact) mass is 168 g/mol. The van der Waals surface area contributed by atoms with Crippen LogP contribution in [0.5, 0.6) is 0 Å². The van der Waals surface area contributed by atoms with Gasteiger partial charge in [-0.25, -0.2) is 0 Å². The molecule has 3 heteroatoms.